The Kier molecular flexibility index (Phi) is 5.24. The monoisotopic (exact) mass is 375 g/mol. The fraction of sp³-hybridized carbons (Fsp3) is 0.333. The largest absolute Gasteiger partial charge is 0.328 e. The van der Waals surface area contributed by atoms with E-state index in [9.17, 15) is 18.0 Å². The summed E-state index contributed by atoms with van der Waals surface area (Å²) < 4.78 is 26.9. The molecule has 1 aromatic carbocycles. The summed E-state index contributed by atoms with van der Waals surface area (Å²) in [6.45, 7) is 3.20. The predicted molar refractivity (Wildman–Crippen MR) is 98.6 cm³/mol. The number of benzene rings is 1. The summed E-state index contributed by atoms with van der Waals surface area (Å²) in [6, 6.07) is 8.80. The van der Waals surface area contributed by atoms with Crippen molar-refractivity contribution in [3.05, 3.63) is 58.5 Å². The molecule has 2 N–H and O–H groups in total. The average molecular weight is 375 g/mol. The molecule has 1 aliphatic heterocycles. The Bertz CT molecular complexity index is 923. The lowest BCUT2D eigenvalue weighted by Crippen LogP contribution is -2.37. The van der Waals surface area contributed by atoms with Crippen LogP contribution in [0.4, 0.5) is 5.69 Å². The third kappa shape index (κ3) is 4.03. The van der Waals surface area contributed by atoms with E-state index in [-0.39, 0.29) is 16.4 Å². The molecule has 1 saturated heterocycles. The molecule has 1 amide bonds. The summed E-state index contributed by atoms with van der Waals surface area (Å²) in [4.78, 5) is 25.8. The second kappa shape index (κ2) is 7.43. The van der Waals surface area contributed by atoms with E-state index in [1.807, 2.05) is 0 Å². The van der Waals surface area contributed by atoms with E-state index in [1.54, 1.807) is 12.1 Å². The molecule has 0 bridgehead atoms. The molecule has 2 heterocycles. The number of aromatic nitrogens is 1. The van der Waals surface area contributed by atoms with Crippen molar-refractivity contribution in [1.82, 2.24) is 9.29 Å². The molecule has 0 spiro atoms. The molecular formula is C18H21N3O4S. The topological polar surface area (TPSA) is 99.3 Å². The fourth-order valence-corrected chi connectivity index (χ4v) is 4.31. The molecule has 138 valence electrons. The van der Waals surface area contributed by atoms with Gasteiger partial charge in [0.15, 0.2) is 0 Å². The number of H-pyrrole nitrogens is 1. The zero-order valence-electron chi connectivity index (χ0n) is 14.4. The lowest BCUT2D eigenvalue weighted by atomic mass is 10.0. The van der Waals surface area contributed by atoms with Crippen LogP contribution in [-0.2, 0) is 10.0 Å². The summed E-state index contributed by atoms with van der Waals surface area (Å²) in [5.74, 6) is 0.161. The van der Waals surface area contributed by atoms with Gasteiger partial charge in [-0.25, -0.2) is 8.42 Å². The van der Waals surface area contributed by atoms with E-state index >= 15 is 0 Å². The van der Waals surface area contributed by atoms with E-state index in [0.29, 0.717) is 30.3 Å². The third-order valence-electron chi connectivity index (χ3n) is 4.54. The van der Waals surface area contributed by atoms with Gasteiger partial charge in [0, 0.05) is 31.0 Å². The summed E-state index contributed by atoms with van der Waals surface area (Å²) in [6.07, 6.45) is 3.06. The average Bonchev–Trinajstić information content (AvgIpc) is 2.63. The molecule has 0 saturated carbocycles. The molecule has 1 aliphatic rings. The van der Waals surface area contributed by atoms with Crippen molar-refractivity contribution in [2.75, 3.05) is 18.4 Å². The van der Waals surface area contributed by atoms with E-state index < -0.39 is 10.0 Å². The van der Waals surface area contributed by atoms with Gasteiger partial charge in [-0.05, 0) is 49.1 Å². The van der Waals surface area contributed by atoms with Crippen LogP contribution in [0.3, 0.4) is 0 Å². The Morgan fingerprint density at radius 3 is 2.35 bits per heavy atom. The zero-order valence-corrected chi connectivity index (χ0v) is 15.3. The molecule has 8 heteroatoms. The second-order valence-electron chi connectivity index (χ2n) is 6.51. The van der Waals surface area contributed by atoms with Crippen molar-refractivity contribution < 1.29 is 13.2 Å². The van der Waals surface area contributed by atoms with Crippen LogP contribution < -0.4 is 10.9 Å². The van der Waals surface area contributed by atoms with Crippen LogP contribution in [0.2, 0.25) is 0 Å². The summed E-state index contributed by atoms with van der Waals surface area (Å²) in [7, 11) is -3.51. The van der Waals surface area contributed by atoms with Crippen LogP contribution >= 0.6 is 0 Å². The number of amides is 1. The van der Waals surface area contributed by atoms with Gasteiger partial charge < -0.3 is 10.3 Å². The number of piperidine rings is 1. The molecule has 1 aromatic heterocycles. The number of carbonyl (C=O) groups is 1. The number of pyridine rings is 1. The number of carbonyl (C=O) groups excluding carboxylic acids is 1. The minimum absolute atomic E-state index is 0.217. The molecule has 0 aliphatic carbocycles. The molecule has 0 unspecified atom stereocenters. The minimum atomic E-state index is -3.51. The number of hydrogen-bond acceptors (Lipinski definition) is 4. The van der Waals surface area contributed by atoms with Gasteiger partial charge in [-0.1, -0.05) is 6.92 Å². The first-order valence-electron chi connectivity index (χ1n) is 8.46. The number of aromatic amines is 1. The van der Waals surface area contributed by atoms with Crippen LogP contribution in [-0.4, -0.2) is 36.7 Å². The number of hydrogen-bond donors (Lipinski definition) is 2. The Balaban J connectivity index is 1.71. The molecule has 0 radical (unpaired) electrons. The zero-order chi connectivity index (χ0) is 18.7. The van der Waals surface area contributed by atoms with Crippen molar-refractivity contribution >= 4 is 21.6 Å². The lowest BCUT2D eigenvalue weighted by molar-refractivity contribution is 0.102. The van der Waals surface area contributed by atoms with Crippen LogP contribution in [0.25, 0.3) is 0 Å². The van der Waals surface area contributed by atoms with Crippen LogP contribution in [0.15, 0.2) is 52.3 Å². The Morgan fingerprint density at radius 1 is 1.12 bits per heavy atom. The molecule has 26 heavy (non-hydrogen) atoms. The Hall–Kier alpha value is -2.45. The minimum Gasteiger partial charge on any atom is -0.328 e. The van der Waals surface area contributed by atoms with Gasteiger partial charge in [0.25, 0.3) is 5.91 Å². The number of nitrogens with one attached hydrogen (secondary N) is 2. The summed E-state index contributed by atoms with van der Waals surface area (Å²) in [5, 5.41) is 2.67. The molecule has 0 atom stereocenters. The SMILES string of the molecule is CC1CCN(S(=O)(=O)c2ccc(NC(=O)c3ccc(=O)[nH]c3)cc2)CC1. The maximum absolute atomic E-state index is 12.7. The fourth-order valence-electron chi connectivity index (χ4n) is 2.84. The van der Waals surface area contributed by atoms with Gasteiger partial charge in [-0.15, -0.1) is 0 Å². The van der Waals surface area contributed by atoms with Crippen molar-refractivity contribution in [1.29, 1.82) is 0 Å². The normalized spacial score (nSPS) is 16.3. The van der Waals surface area contributed by atoms with Gasteiger partial charge in [0.1, 0.15) is 0 Å². The Labute approximate surface area is 152 Å². The first kappa shape index (κ1) is 18.3. The quantitative estimate of drug-likeness (QED) is 0.854. The highest BCUT2D eigenvalue weighted by Crippen LogP contribution is 2.24. The highest BCUT2D eigenvalue weighted by molar-refractivity contribution is 7.89. The van der Waals surface area contributed by atoms with E-state index in [4.69, 9.17) is 0 Å². The van der Waals surface area contributed by atoms with Gasteiger partial charge in [0.2, 0.25) is 15.6 Å². The number of sulfonamides is 1. The first-order valence-corrected chi connectivity index (χ1v) is 9.90. The predicted octanol–water partition coefficient (Wildman–Crippen LogP) is 2.05. The van der Waals surface area contributed by atoms with Gasteiger partial charge in [-0.2, -0.15) is 4.31 Å². The second-order valence-corrected chi connectivity index (χ2v) is 8.44. The first-order chi connectivity index (χ1) is 12.4. The van der Waals surface area contributed by atoms with Crippen LogP contribution in [0.1, 0.15) is 30.1 Å². The van der Waals surface area contributed by atoms with Crippen molar-refractivity contribution in [2.24, 2.45) is 5.92 Å². The van der Waals surface area contributed by atoms with E-state index in [2.05, 4.69) is 17.2 Å². The van der Waals surface area contributed by atoms with E-state index in [1.165, 1.54) is 34.8 Å². The van der Waals surface area contributed by atoms with Crippen molar-refractivity contribution in [3.63, 3.8) is 0 Å². The molecular weight excluding hydrogens is 354 g/mol. The van der Waals surface area contributed by atoms with Gasteiger partial charge in [-0.3, -0.25) is 9.59 Å². The van der Waals surface area contributed by atoms with Crippen molar-refractivity contribution in [3.8, 4) is 0 Å². The number of anilines is 1. The molecule has 1 fully saturated rings. The lowest BCUT2D eigenvalue weighted by Gasteiger charge is -2.29. The molecule has 3 rings (SSSR count). The van der Waals surface area contributed by atoms with Gasteiger partial charge >= 0.3 is 0 Å². The van der Waals surface area contributed by atoms with E-state index in [0.717, 1.165) is 12.8 Å². The smallest absolute Gasteiger partial charge is 0.257 e. The standard InChI is InChI=1S/C18H21N3O4S/c1-13-8-10-21(11-9-13)26(24,25)16-5-3-15(4-6-16)20-18(23)14-2-7-17(22)19-12-14/h2-7,12-13H,8-11H2,1H3,(H,19,22)(H,20,23). The number of rotatable bonds is 4. The Morgan fingerprint density at radius 2 is 1.77 bits per heavy atom. The van der Waals surface area contributed by atoms with Crippen LogP contribution in [0.5, 0.6) is 0 Å². The van der Waals surface area contributed by atoms with Crippen LogP contribution in [0, 0.1) is 5.92 Å². The third-order valence-corrected chi connectivity index (χ3v) is 6.45. The maximum atomic E-state index is 12.7. The maximum Gasteiger partial charge on any atom is 0.257 e. The van der Waals surface area contributed by atoms with Gasteiger partial charge in [0.05, 0.1) is 10.5 Å². The van der Waals surface area contributed by atoms with Crippen molar-refractivity contribution in [2.45, 2.75) is 24.7 Å². The highest BCUT2D eigenvalue weighted by atomic mass is 32.2. The summed E-state index contributed by atoms with van der Waals surface area (Å²) in [5.41, 5.74) is 0.499. The summed E-state index contributed by atoms with van der Waals surface area (Å²) >= 11 is 0. The highest BCUT2D eigenvalue weighted by Gasteiger charge is 2.27. The number of nitrogens with zero attached hydrogens (tertiary/aromatic N) is 1. The molecule has 2 aromatic rings. The molecule has 7 nitrogen and oxygen atoms in total.